The molecule has 2 aromatic heterocycles. The van der Waals surface area contributed by atoms with Crippen molar-refractivity contribution in [1.82, 2.24) is 15.2 Å². The molecule has 5 rings (SSSR count). The quantitative estimate of drug-likeness (QED) is 0.225. The first-order valence-corrected chi connectivity index (χ1v) is 14.0. The summed E-state index contributed by atoms with van der Waals surface area (Å²) in [6, 6.07) is 27.5. The van der Waals surface area contributed by atoms with Crippen molar-refractivity contribution in [3.63, 3.8) is 0 Å². The summed E-state index contributed by atoms with van der Waals surface area (Å²) in [5.74, 6) is 1.47. The van der Waals surface area contributed by atoms with E-state index in [1.165, 1.54) is 0 Å². The number of carbonyl (C=O) groups is 1. The minimum Gasteiger partial charge on any atom is -0.473 e. The number of ether oxygens (including phenoxy) is 3. The van der Waals surface area contributed by atoms with Crippen molar-refractivity contribution < 1.29 is 19.0 Å². The van der Waals surface area contributed by atoms with Gasteiger partial charge in [0.15, 0.2) is 5.82 Å². The van der Waals surface area contributed by atoms with E-state index in [1.807, 2.05) is 106 Å². The summed E-state index contributed by atoms with van der Waals surface area (Å²) in [5.41, 5.74) is 3.01. The molecule has 4 aromatic rings. The summed E-state index contributed by atoms with van der Waals surface area (Å²) in [4.78, 5) is 19.3. The highest BCUT2D eigenvalue weighted by atomic mass is 16.6. The van der Waals surface area contributed by atoms with Crippen LogP contribution < -0.4 is 14.4 Å². The Bertz CT molecular complexity index is 1420. The molecule has 1 saturated heterocycles. The number of pyridine rings is 1. The van der Waals surface area contributed by atoms with E-state index in [0.717, 1.165) is 48.4 Å². The predicted octanol–water partition coefficient (Wildman–Crippen LogP) is 6.25. The molecule has 0 aliphatic carbocycles. The normalized spacial score (nSPS) is 14.0. The van der Waals surface area contributed by atoms with Crippen LogP contribution in [0, 0.1) is 5.92 Å². The van der Waals surface area contributed by atoms with Crippen molar-refractivity contribution >= 4 is 11.8 Å². The van der Waals surface area contributed by atoms with E-state index in [9.17, 15) is 4.79 Å². The molecule has 1 fully saturated rings. The van der Waals surface area contributed by atoms with Crippen LogP contribution in [0.15, 0.2) is 84.9 Å². The number of nitrogens with zero attached hydrogens (tertiary/aromatic N) is 4. The molecule has 212 valence electrons. The number of benzene rings is 2. The third-order valence-corrected chi connectivity index (χ3v) is 6.77. The molecule has 0 saturated carbocycles. The highest BCUT2D eigenvalue weighted by Gasteiger charge is 2.29. The minimum absolute atomic E-state index is 0.0873. The molecule has 3 heterocycles. The van der Waals surface area contributed by atoms with E-state index >= 15 is 0 Å². The molecule has 0 bridgehead atoms. The zero-order chi connectivity index (χ0) is 28.7. The average molecular weight is 553 g/mol. The molecule has 8 nitrogen and oxygen atoms in total. The molecule has 2 aromatic carbocycles. The fourth-order valence-electron chi connectivity index (χ4n) is 4.63. The Kier molecular flexibility index (Phi) is 8.77. The summed E-state index contributed by atoms with van der Waals surface area (Å²) in [7, 11) is 0. The van der Waals surface area contributed by atoms with Gasteiger partial charge in [0.1, 0.15) is 18.8 Å². The second-order valence-electron chi connectivity index (χ2n) is 11.1. The van der Waals surface area contributed by atoms with Gasteiger partial charge in [-0.15, -0.1) is 10.2 Å². The molecule has 0 radical (unpaired) electrons. The number of anilines is 1. The standard InChI is InChI=1S/C33H36N4O4/c1-33(2,3)41-32(38)26-18-20-37(21-19-26)29-16-15-28(35-36-29)27-14-17-30(39-22-24-10-6-4-7-11-24)34-31(27)40-23-25-12-8-5-9-13-25/h4-17,26H,18-23H2,1-3H3. The number of hydrogen-bond acceptors (Lipinski definition) is 8. The second-order valence-corrected chi connectivity index (χ2v) is 11.1. The first-order valence-electron chi connectivity index (χ1n) is 14.0. The molecular weight excluding hydrogens is 516 g/mol. The van der Waals surface area contributed by atoms with Crippen molar-refractivity contribution in [2.24, 2.45) is 5.92 Å². The van der Waals surface area contributed by atoms with Crippen molar-refractivity contribution in [3.05, 3.63) is 96.1 Å². The van der Waals surface area contributed by atoms with E-state index in [2.05, 4.69) is 20.1 Å². The molecule has 0 N–H and O–H groups in total. The van der Waals surface area contributed by atoms with E-state index in [0.29, 0.717) is 30.7 Å². The first-order chi connectivity index (χ1) is 19.8. The van der Waals surface area contributed by atoms with E-state index < -0.39 is 5.60 Å². The maximum absolute atomic E-state index is 12.5. The Morgan fingerprint density at radius 3 is 2.02 bits per heavy atom. The molecule has 8 heteroatoms. The van der Waals surface area contributed by atoms with Crippen LogP contribution in [0.4, 0.5) is 5.82 Å². The van der Waals surface area contributed by atoms with Gasteiger partial charge in [0.2, 0.25) is 11.8 Å². The van der Waals surface area contributed by atoms with E-state index in [1.54, 1.807) is 0 Å². The van der Waals surface area contributed by atoms with Gasteiger partial charge in [-0.1, -0.05) is 60.7 Å². The molecule has 41 heavy (non-hydrogen) atoms. The number of piperidine rings is 1. The van der Waals surface area contributed by atoms with Crippen LogP contribution in [0.5, 0.6) is 11.8 Å². The lowest BCUT2D eigenvalue weighted by molar-refractivity contribution is -0.160. The number of aromatic nitrogens is 3. The van der Waals surface area contributed by atoms with Gasteiger partial charge in [-0.05, 0) is 62.9 Å². The monoisotopic (exact) mass is 552 g/mol. The number of rotatable bonds is 9. The molecule has 1 aliphatic rings. The van der Waals surface area contributed by atoms with Gasteiger partial charge in [-0.3, -0.25) is 4.79 Å². The lowest BCUT2D eigenvalue weighted by atomic mass is 9.96. The summed E-state index contributed by atoms with van der Waals surface area (Å²) in [5, 5.41) is 9.03. The zero-order valence-corrected chi connectivity index (χ0v) is 23.8. The molecule has 0 amide bonds. The van der Waals surface area contributed by atoms with Crippen LogP contribution in [0.2, 0.25) is 0 Å². The van der Waals surface area contributed by atoms with Crippen molar-refractivity contribution in [1.29, 1.82) is 0 Å². The van der Waals surface area contributed by atoms with Gasteiger partial charge >= 0.3 is 5.97 Å². The van der Waals surface area contributed by atoms with Crippen LogP contribution in [0.3, 0.4) is 0 Å². The third-order valence-electron chi connectivity index (χ3n) is 6.77. The van der Waals surface area contributed by atoms with Gasteiger partial charge in [-0.2, -0.15) is 4.98 Å². The van der Waals surface area contributed by atoms with Crippen molar-refractivity contribution in [2.45, 2.75) is 52.4 Å². The average Bonchev–Trinajstić information content (AvgIpc) is 2.99. The number of carbonyl (C=O) groups excluding carboxylic acids is 1. The lowest BCUT2D eigenvalue weighted by Crippen LogP contribution is -2.39. The van der Waals surface area contributed by atoms with Crippen molar-refractivity contribution in [3.8, 4) is 23.0 Å². The Morgan fingerprint density at radius 1 is 0.805 bits per heavy atom. The summed E-state index contributed by atoms with van der Waals surface area (Å²) < 4.78 is 17.7. The fraction of sp³-hybridized carbons (Fsp3) is 0.333. The van der Waals surface area contributed by atoms with Crippen LogP contribution in [-0.2, 0) is 22.7 Å². The SMILES string of the molecule is CC(C)(C)OC(=O)C1CCN(c2ccc(-c3ccc(OCc4ccccc4)nc3OCc3ccccc3)nn2)CC1. The maximum Gasteiger partial charge on any atom is 0.309 e. The van der Waals surface area contributed by atoms with Gasteiger partial charge in [0.25, 0.3) is 0 Å². The highest BCUT2D eigenvalue weighted by Crippen LogP contribution is 2.31. The van der Waals surface area contributed by atoms with Gasteiger partial charge in [0.05, 0.1) is 17.2 Å². The maximum atomic E-state index is 12.5. The largest absolute Gasteiger partial charge is 0.473 e. The van der Waals surface area contributed by atoms with Gasteiger partial charge < -0.3 is 19.1 Å². The Morgan fingerprint density at radius 2 is 1.44 bits per heavy atom. The Labute approximate surface area is 241 Å². The minimum atomic E-state index is -0.472. The van der Waals surface area contributed by atoms with Crippen LogP contribution in [0.1, 0.15) is 44.7 Å². The van der Waals surface area contributed by atoms with Gasteiger partial charge in [-0.25, -0.2) is 0 Å². The van der Waals surface area contributed by atoms with Crippen LogP contribution in [0.25, 0.3) is 11.3 Å². The van der Waals surface area contributed by atoms with E-state index in [-0.39, 0.29) is 11.9 Å². The van der Waals surface area contributed by atoms with Crippen LogP contribution in [-0.4, -0.2) is 39.8 Å². The number of esters is 1. The topological polar surface area (TPSA) is 86.7 Å². The van der Waals surface area contributed by atoms with E-state index in [4.69, 9.17) is 14.2 Å². The predicted molar refractivity (Wildman–Crippen MR) is 158 cm³/mol. The number of hydrogen-bond donors (Lipinski definition) is 0. The Hall–Kier alpha value is -4.46. The molecule has 0 unspecified atom stereocenters. The zero-order valence-electron chi connectivity index (χ0n) is 23.8. The van der Waals surface area contributed by atoms with Crippen LogP contribution >= 0.6 is 0 Å². The molecule has 1 aliphatic heterocycles. The fourth-order valence-corrected chi connectivity index (χ4v) is 4.63. The third kappa shape index (κ3) is 7.81. The summed E-state index contributed by atoms with van der Waals surface area (Å²) in [6.45, 7) is 7.91. The lowest BCUT2D eigenvalue weighted by Gasteiger charge is -2.32. The Balaban J connectivity index is 1.29. The highest BCUT2D eigenvalue weighted by molar-refractivity contribution is 5.73. The molecule has 0 atom stereocenters. The van der Waals surface area contributed by atoms with Gasteiger partial charge in [0, 0.05) is 19.2 Å². The summed E-state index contributed by atoms with van der Waals surface area (Å²) in [6.07, 6.45) is 1.45. The molecular formula is C33H36N4O4. The summed E-state index contributed by atoms with van der Waals surface area (Å²) >= 11 is 0. The first kappa shape index (κ1) is 28.1. The molecule has 0 spiro atoms. The smallest absolute Gasteiger partial charge is 0.309 e. The van der Waals surface area contributed by atoms with Crippen molar-refractivity contribution in [2.75, 3.05) is 18.0 Å². The second kappa shape index (κ2) is 12.8.